The molecule has 0 saturated carbocycles. The summed E-state index contributed by atoms with van der Waals surface area (Å²) in [4.78, 5) is 15.9. The zero-order valence-corrected chi connectivity index (χ0v) is 37.7. The van der Waals surface area contributed by atoms with Gasteiger partial charge in [0, 0.05) is 50.3 Å². The lowest BCUT2D eigenvalue weighted by molar-refractivity contribution is 1.23. The van der Waals surface area contributed by atoms with Gasteiger partial charge in [-0.15, -0.1) is 20.1 Å². The molecule has 10 aromatic rings. The van der Waals surface area contributed by atoms with Crippen molar-refractivity contribution < 1.29 is 0 Å². The molecule has 0 N–H and O–H groups in total. The Bertz CT molecular complexity index is 2750. The number of hydrogen-bond acceptors (Lipinski definition) is 1. The lowest BCUT2D eigenvalue weighted by Crippen LogP contribution is -2.05. The Morgan fingerprint density at radius 3 is 0.812 bits per heavy atom. The van der Waals surface area contributed by atoms with E-state index >= 15 is 0 Å². The fraction of sp³-hybridized carbons (Fsp3) is 0.0328. The van der Waals surface area contributed by atoms with E-state index in [1.165, 1.54) is 55.9 Å². The highest BCUT2D eigenvalue weighted by atomic mass is 32.3. The molecule has 0 aliphatic heterocycles. The van der Waals surface area contributed by atoms with Crippen molar-refractivity contribution in [3.8, 4) is 33.6 Å². The van der Waals surface area contributed by atoms with Crippen molar-refractivity contribution in [3.63, 3.8) is 0 Å². The SMILES string of the molecule is Cc1cccc(C)c1-c1cc(-c2cccc(S(c3ccccc3)(c3ccccc3)c3ccccc3)c2)nc(-c2cccc(S(c3ccccc3)(c3ccccc3)c3ccccc3)c2)c1. The Morgan fingerprint density at radius 1 is 0.250 bits per heavy atom. The second-order valence-electron chi connectivity index (χ2n) is 16.1. The first kappa shape index (κ1) is 40.9. The molecule has 0 aliphatic rings. The fourth-order valence-corrected chi connectivity index (χ4v) is 17.1. The summed E-state index contributed by atoms with van der Waals surface area (Å²) in [6, 6.07) is 96.0. The number of nitrogens with zero attached hydrogens (tertiary/aromatic N) is 1. The van der Waals surface area contributed by atoms with Gasteiger partial charge in [-0.3, -0.25) is 0 Å². The smallest absolute Gasteiger partial charge is 0.0716 e. The summed E-state index contributed by atoms with van der Waals surface area (Å²) in [6.45, 7) is 4.44. The van der Waals surface area contributed by atoms with Gasteiger partial charge in [0.05, 0.1) is 11.4 Å². The van der Waals surface area contributed by atoms with Gasteiger partial charge in [0.1, 0.15) is 0 Å². The molecule has 0 amide bonds. The molecule has 0 unspecified atom stereocenters. The molecule has 0 atom stereocenters. The maximum Gasteiger partial charge on any atom is 0.0716 e. The third-order valence-corrected chi connectivity index (χ3v) is 19.9. The van der Waals surface area contributed by atoms with E-state index in [9.17, 15) is 0 Å². The van der Waals surface area contributed by atoms with Gasteiger partial charge < -0.3 is 0 Å². The highest BCUT2D eigenvalue weighted by Crippen LogP contribution is 2.74. The summed E-state index contributed by atoms with van der Waals surface area (Å²) in [5, 5.41) is 0. The Hall–Kier alpha value is -7.17. The highest BCUT2D eigenvalue weighted by molar-refractivity contribution is 8.34. The number of aromatic nitrogens is 1. The average molecular weight is 860 g/mol. The van der Waals surface area contributed by atoms with E-state index in [1.54, 1.807) is 0 Å². The van der Waals surface area contributed by atoms with Gasteiger partial charge in [-0.25, -0.2) is 4.98 Å². The van der Waals surface area contributed by atoms with Gasteiger partial charge in [-0.05, 0) is 145 Å². The van der Waals surface area contributed by atoms with Crippen LogP contribution in [0.1, 0.15) is 11.1 Å². The third-order valence-electron chi connectivity index (χ3n) is 12.1. The predicted octanol–water partition coefficient (Wildman–Crippen LogP) is 17.4. The Balaban J connectivity index is 1.22. The summed E-state index contributed by atoms with van der Waals surface area (Å²) in [6.07, 6.45) is 0. The standard InChI is InChI=1S/C61H49NS2/c1-46-24-21-25-47(2)61(46)50-44-59(48-26-22-40-57(42-48)63(51-28-9-3-10-29-51,52-30-11-4-12-31-52)53-32-13-5-14-33-53)62-60(45-50)49-27-23-41-58(43-49)64(54-34-15-6-16-35-54,55-36-17-7-18-37-55)56-38-19-8-20-39-56/h3-45H,1-2H3. The van der Waals surface area contributed by atoms with E-state index in [-0.39, 0.29) is 0 Å². The van der Waals surface area contributed by atoms with Gasteiger partial charge in [0.25, 0.3) is 0 Å². The van der Waals surface area contributed by atoms with E-state index in [0.717, 1.165) is 28.1 Å². The largest absolute Gasteiger partial charge is 0.248 e. The van der Waals surface area contributed by atoms with Gasteiger partial charge in [0.15, 0.2) is 0 Å². The first-order chi connectivity index (χ1) is 31.6. The number of pyridine rings is 1. The van der Waals surface area contributed by atoms with Crippen LogP contribution in [-0.4, -0.2) is 4.98 Å². The van der Waals surface area contributed by atoms with Crippen molar-refractivity contribution in [1.29, 1.82) is 0 Å². The molecule has 0 radical (unpaired) electrons. The first-order valence-corrected chi connectivity index (χ1v) is 25.1. The van der Waals surface area contributed by atoms with Crippen LogP contribution in [0.25, 0.3) is 33.6 Å². The van der Waals surface area contributed by atoms with Gasteiger partial charge in [0.2, 0.25) is 0 Å². The molecule has 1 aromatic heterocycles. The molecular formula is C61H49NS2. The number of aryl methyl sites for hydroxylation is 2. The third kappa shape index (κ3) is 7.37. The zero-order valence-electron chi connectivity index (χ0n) is 36.1. The van der Waals surface area contributed by atoms with Crippen LogP contribution in [-0.2, 0) is 0 Å². The van der Waals surface area contributed by atoms with Crippen molar-refractivity contribution in [2.75, 3.05) is 0 Å². The maximum atomic E-state index is 5.66. The van der Waals surface area contributed by atoms with Crippen LogP contribution in [0.4, 0.5) is 0 Å². The van der Waals surface area contributed by atoms with Gasteiger partial charge >= 0.3 is 0 Å². The Labute approximate surface area is 381 Å². The molecule has 64 heavy (non-hydrogen) atoms. The van der Waals surface area contributed by atoms with Gasteiger partial charge in [-0.2, -0.15) is 0 Å². The van der Waals surface area contributed by atoms with Gasteiger partial charge in [-0.1, -0.05) is 152 Å². The summed E-state index contributed by atoms with van der Waals surface area (Å²) < 4.78 is 0. The summed E-state index contributed by atoms with van der Waals surface area (Å²) >= 11 is 0. The molecule has 10 rings (SSSR count). The van der Waals surface area contributed by atoms with E-state index in [1.807, 2.05) is 0 Å². The predicted molar refractivity (Wildman–Crippen MR) is 270 cm³/mol. The highest BCUT2D eigenvalue weighted by Gasteiger charge is 2.35. The zero-order chi connectivity index (χ0) is 43.4. The molecule has 0 saturated heterocycles. The van der Waals surface area contributed by atoms with Crippen molar-refractivity contribution in [3.05, 3.63) is 272 Å². The Morgan fingerprint density at radius 2 is 0.516 bits per heavy atom. The molecule has 0 fully saturated rings. The molecular weight excluding hydrogens is 811 g/mol. The van der Waals surface area contributed by atoms with E-state index in [2.05, 4.69) is 275 Å². The molecule has 0 aliphatic carbocycles. The molecule has 0 spiro atoms. The Kier molecular flexibility index (Phi) is 11.4. The van der Waals surface area contributed by atoms with Crippen LogP contribution in [0, 0.1) is 13.8 Å². The fourth-order valence-electron chi connectivity index (χ4n) is 9.31. The van der Waals surface area contributed by atoms with Crippen LogP contribution < -0.4 is 0 Å². The van der Waals surface area contributed by atoms with Crippen LogP contribution in [0.5, 0.6) is 0 Å². The summed E-state index contributed by atoms with van der Waals surface area (Å²) in [5.41, 5.74) is 8.94. The quantitative estimate of drug-likeness (QED) is 0.126. The second-order valence-corrected chi connectivity index (χ2v) is 22.3. The molecule has 310 valence electrons. The lowest BCUT2D eigenvalue weighted by atomic mass is 9.93. The van der Waals surface area contributed by atoms with Crippen molar-refractivity contribution >= 4 is 20.1 Å². The first-order valence-electron chi connectivity index (χ1n) is 21.8. The van der Waals surface area contributed by atoms with Crippen LogP contribution in [0.2, 0.25) is 0 Å². The number of rotatable bonds is 11. The topological polar surface area (TPSA) is 12.9 Å². The lowest BCUT2D eigenvalue weighted by Gasteiger charge is -2.42. The molecule has 1 nitrogen and oxygen atoms in total. The minimum atomic E-state index is -1.91. The van der Waals surface area contributed by atoms with Crippen molar-refractivity contribution in [2.24, 2.45) is 0 Å². The normalized spacial score (nSPS) is 12.1. The molecule has 1 heterocycles. The minimum absolute atomic E-state index is 0.942. The van der Waals surface area contributed by atoms with Crippen molar-refractivity contribution in [1.82, 2.24) is 4.98 Å². The summed E-state index contributed by atoms with van der Waals surface area (Å²) in [7, 11) is -3.81. The molecule has 3 heteroatoms. The molecule has 9 aromatic carbocycles. The van der Waals surface area contributed by atoms with Crippen molar-refractivity contribution in [2.45, 2.75) is 53.0 Å². The number of hydrogen-bond donors (Lipinski definition) is 0. The monoisotopic (exact) mass is 859 g/mol. The van der Waals surface area contributed by atoms with Crippen LogP contribution >= 0.6 is 20.1 Å². The number of benzene rings is 9. The van der Waals surface area contributed by atoms with Crippen LogP contribution in [0.15, 0.2) is 300 Å². The van der Waals surface area contributed by atoms with Crippen LogP contribution in [0.3, 0.4) is 0 Å². The van der Waals surface area contributed by atoms with E-state index in [4.69, 9.17) is 4.98 Å². The van der Waals surface area contributed by atoms with E-state index in [0.29, 0.717) is 0 Å². The second kappa shape index (κ2) is 17.9. The average Bonchev–Trinajstić information content (AvgIpc) is 3.37. The summed E-state index contributed by atoms with van der Waals surface area (Å²) in [5.74, 6) is 0. The maximum absolute atomic E-state index is 5.66. The molecule has 0 bridgehead atoms. The van der Waals surface area contributed by atoms with E-state index < -0.39 is 20.1 Å². The minimum Gasteiger partial charge on any atom is -0.248 e.